The van der Waals surface area contributed by atoms with Crippen LogP contribution < -0.4 is 9.47 Å². The van der Waals surface area contributed by atoms with E-state index in [0.29, 0.717) is 22.6 Å². The molecule has 1 aliphatic heterocycles. The predicted octanol–water partition coefficient (Wildman–Crippen LogP) is 3.86. The van der Waals surface area contributed by atoms with Gasteiger partial charge >= 0.3 is 0 Å². The number of amides is 1. The van der Waals surface area contributed by atoms with Gasteiger partial charge in [-0.1, -0.05) is 6.07 Å². The Morgan fingerprint density at radius 3 is 2.48 bits per heavy atom. The molecule has 0 saturated carbocycles. The van der Waals surface area contributed by atoms with Gasteiger partial charge in [-0.25, -0.2) is 4.39 Å². The number of ketones is 1. The summed E-state index contributed by atoms with van der Waals surface area (Å²) in [5, 5.41) is 11.1. The molecule has 3 aromatic rings. The number of likely N-dealkylation sites (tertiary alicyclic amines) is 1. The number of methoxy groups -OCH3 is 2. The Kier molecular flexibility index (Phi) is 6.08. The van der Waals surface area contributed by atoms with Crippen LogP contribution in [0.3, 0.4) is 0 Å². The first-order valence-electron chi connectivity index (χ1n) is 10.1. The summed E-state index contributed by atoms with van der Waals surface area (Å²) in [5.41, 5.74) is 1.30. The maximum atomic E-state index is 13.4. The lowest BCUT2D eigenvalue weighted by Gasteiger charge is -2.26. The van der Waals surface area contributed by atoms with Gasteiger partial charge in [-0.05, 0) is 48.0 Å². The molecule has 0 bridgehead atoms. The highest BCUT2D eigenvalue weighted by Crippen LogP contribution is 2.44. The summed E-state index contributed by atoms with van der Waals surface area (Å²) >= 11 is 0. The van der Waals surface area contributed by atoms with Gasteiger partial charge in [0.25, 0.3) is 11.7 Å². The number of nitrogens with zero attached hydrogens (tertiary/aromatic N) is 2. The molecule has 0 unspecified atom stereocenters. The summed E-state index contributed by atoms with van der Waals surface area (Å²) in [7, 11) is 2.98. The van der Waals surface area contributed by atoms with Crippen molar-refractivity contribution in [1.29, 1.82) is 0 Å². The fourth-order valence-electron chi connectivity index (χ4n) is 3.86. The second-order valence-electron chi connectivity index (χ2n) is 7.40. The second-order valence-corrected chi connectivity index (χ2v) is 7.40. The van der Waals surface area contributed by atoms with Gasteiger partial charge in [-0.15, -0.1) is 0 Å². The Bertz CT molecular complexity index is 1230. The zero-order valence-corrected chi connectivity index (χ0v) is 18.0. The molecule has 2 aromatic carbocycles. The molecule has 4 rings (SSSR count). The number of halogens is 1. The van der Waals surface area contributed by atoms with E-state index in [0.717, 1.165) is 0 Å². The molecule has 168 valence electrons. The number of Topliss-reactive ketones (excluding diaryl/α,β-unsaturated/α-hetero) is 1. The highest BCUT2D eigenvalue weighted by atomic mass is 19.1. The third kappa shape index (κ3) is 4.15. The number of aromatic nitrogens is 1. The van der Waals surface area contributed by atoms with Crippen molar-refractivity contribution in [3.63, 3.8) is 0 Å². The standard InChI is InChI=1S/C25H21FN2O5/c1-32-18-9-10-19(20(12-18)33-2)22-21(23(29)16-5-7-17(26)8-6-16)24(30)25(31)28(22)14-15-4-3-11-27-13-15/h3-13,22,29H,14H2,1-2H3/t22-/m0/s1. The van der Waals surface area contributed by atoms with Crippen LogP contribution in [-0.4, -0.2) is 40.9 Å². The van der Waals surface area contributed by atoms with Gasteiger partial charge in [0.05, 0.1) is 25.8 Å². The summed E-state index contributed by atoms with van der Waals surface area (Å²) in [6.45, 7) is 0.0818. The molecule has 1 aliphatic rings. The molecular formula is C25H21FN2O5. The molecule has 8 heteroatoms. The van der Waals surface area contributed by atoms with E-state index in [1.165, 1.54) is 43.4 Å². The zero-order valence-electron chi connectivity index (χ0n) is 18.0. The van der Waals surface area contributed by atoms with E-state index in [-0.39, 0.29) is 17.7 Å². The number of ether oxygens (including phenoxy) is 2. The smallest absolute Gasteiger partial charge is 0.295 e. The number of carbonyl (C=O) groups excluding carboxylic acids is 2. The van der Waals surface area contributed by atoms with Crippen molar-refractivity contribution in [1.82, 2.24) is 9.88 Å². The first kappa shape index (κ1) is 22.0. The van der Waals surface area contributed by atoms with Crippen molar-refractivity contribution in [2.75, 3.05) is 14.2 Å². The van der Waals surface area contributed by atoms with Crippen LogP contribution in [0.15, 0.2) is 72.6 Å². The first-order chi connectivity index (χ1) is 15.9. The number of aliphatic hydroxyl groups excluding tert-OH is 1. The minimum Gasteiger partial charge on any atom is -0.507 e. The molecule has 0 radical (unpaired) electrons. The number of hydrogen-bond donors (Lipinski definition) is 1. The van der Waals surface area contributed by atoms with Crippen LogP contribution in [0.1, 0.15) is 22.7 Å². The highest BCUT2D eigenvalue weighted by molar-refractivity contribution is 6.46. The van der Waals surface area contributed by atoms with Gasteiger partial charge in [-0.2, -0.15) is 0 Å². The molecule has 2 heterocycles. The molecule has 1 aromatic heterocycles. The van der Waals surface area contributed by atoms with E-state index < -0.39 is 29.3 Å². The zero-order chi connectivity index (χ0) is 23.5. The maximum Gasteiger partial charge on any atom is 0.295 e. The van der Waals surface area contributed by atoms with Crippen molar-refractivity contribution in [2.45, 2.75) is 12.6 Å². The van der Waals surface area contributed by atoms with E-state index in [4.69, 9.17) is 9.47 Å². The van der Waals surface area contributed by atoms with Gasteiger partial charge in [0.2, 0.25) is 0 Å². The second kappa shape index (κ2) is 9.12. The molecule has 7 nitrogen and oxygen atoms in total. The molecule has 0 spiro atoms. The number of carbonyl (C=O) groups is 2. The van der Waals surface area contributed by atoms with E-state index in [1.54, 1.807) is 42.7 Å². The van der Waals surface area contributed by atoms with E-state index in [1.807, 2.05) is 0 Å². The van der Waals surface area contributed by atoms with E-state index >= 15 is 0 Å². The van der Waals surface area contributed by atoms with E-state index in [9.17, 15) is 19.1 Å². The fourth-order valence-corrected chi connectivity index (χ4v) is 3.86. The number of pyridine rings is 1. The van der Waals surface area contributed by atoms with Crippen LogP contribution in [0.25, 0.3) is 5.76 Å². The first-order valence-corrected chi connectivity index (χ1v) is 10.1. The van der Waals surface area contributed by atoms with Crippen molar-refractivity contribution < 1.29 is 28.6 Å². The largest absolute Gasteiger partial charge is 0.507 e. The SMILES string of the molecule is COc1ccc([C@H]2C(=C(O)c3ccc(F)cc3)C(=O)C(=O)N2Cc2cccnc2)c(OC)c1. The summed E-state index contributed by atoms with van der Waals surface area (Å²) < 4.78 is 24.2. The minimum atomic E-state index is -0.948. The van der Waals surface area contributed by atoms with Crippen molar-refractivity contribution >= 4 is 17.4 Å². The molecular weight excluding hydrogens is 427 g/mol. The average molecular weight is 448 g/mol. The Balaban J connectivity index is 1.91. The normalized spacial score (nSPS) is 17.3. The number of rotatable bonds is 6. The number of aliphatic hydroxyl groups is 1. The van der Waals surface area contributed by atoms with Gasteiger partial charge in [0.15, 0.2) is 0 Å². The molecule has 1 atom stereocenters. The molecule has 1 N–H and O–H groups in total. The van der Waals surface area contributed by atoms with Gasteiger partial charge in [0, 0.05) is 36.1 Å². The van der Waals surface area contributed by atoms with Crippen LogP contribution in [0.5, 0.6) is 11.5 Å². The molecule has 33 heavy (non-hydrogen) atoms. The number of benzene rings is 2. The van der Waals surface area contributed by atoms with Crippen LogP contribution >= 0.6 is 0 Å². The Hall–Kier alpha value is -4.20. The van der Waals surface area contributed by atoms with Crippen LogP contribution in [0, 0.1) is 5.82 Å². The van der Waals surface area contributed by atoms with Crippen LogP contribution in [0.4, 0.5) is 4.39 Å². The van der Waals surface area contributed by atoms with Gasteiger partial charge in [-0.3, -0.25) is 14.6 Å². The van der Waals surface area contributed by atoms with Gasteiger partial charge < -0.3 is 19.5 Å². The molecule has 1 saturated heterocycles. The van der Waals surface area contributed by atoms with Crippen LogP contribution in [0.2, 0.25) is 0 Å². The number of hydrogen-bond acceptors (Lipinski definition) is 6. The molecule has 1 amide bonds. The third-order valence-corrected chi connectivity index (χ3v) is 5.47. The van der Waals surface area contributed by atoms with E-state index in [2.05, 4.69) is 4.98 Å². The summed E-state index contributed by atoms with van der Waals surface area (Å²) in [5.74, 6) is -1.60. The lowest BCUT2D eigenvalue weighted by Crippen LogP contribution is -2.29. The topological polar surface area (TPSA) is 89.0 Å². The maximum absolute atomic E-state index is 13.4. The summed E-state index contributed by atoms with van der Waals surface area (Å²) in [6, 6.07) is 12.6. The third-order valence-electron chi connectivity index (χ3n) is 5.47. The Labute approximate surface area is 189 Å². The highest BCUT2D eigenvalue weighted by Gasteiger charge is 2.47. The quantitative estimate of drug-likeness (QED) is 0.350. The predicted molar refractivity (Wildman–Crippen MR) is 118 cm³/mol. The van der Waals surface area contributed by atoms with Crippen LogP contribution in [-0.2, 0) is 16.1 Å². The lowest BCUT2D eigenvalue weighted by atomic mass is 9.94. The van der Waals surface area contributed by atoms with Crippen molar-refractivity contribution in [3.05, 3.63) is 95.1 Å². The van der Waals surface area contributed by atoms with Gasteiger partial charge in [0.1, 0.15) is 23.1 Å². The Morgan fingerprint density at radius 2 is 1.85 bits per heavy atom. The molecule has 1 fully saturated rings. The summed E-state index contributed by atoms with van der Waals surface area (Å²) in [6.07, 6.45) is 3.21. The van der Waals surface area contributed by atoms with Crippen molar-refractivity contribution in [2.24, 2.45) is 0 Å². The fraction of sp³-hybridized carbons (Fsp3) is 0.160. The summed E-state index contributed by atoms with van der Waals surface area (Å²) in [4.78, 5) is 31.7. The minimum absolute atomic E-state index is 0.0818. The monoisotopic (exact) mass is 448 g/mol. The molecule has 0 aliphatic carbocycles. The van der Waals surface area contributed by atoms with Crippen molar-refractivity contribution in [3.8, 4) is 11.5 Å². The Morgan fingerprint density at radius 1 is 1.09 bits per heavy atom. The average Bonchev–Trinajstić information content (AvgIpc) is 3.09. The lowest BCUT2D eigenvalue weighted by molar-refractivity contribution is -0.140.